The molecule has 3 aromatic carbocycles. The van der Waals surface area contributed by atoms with Crippen molar-refractivity contribution in [2.24, 2.45) is 0 Å². The lowest BCUT2D eigenvalue weighted by Gasteiger charge is -2.26. The van der Waals surface area contributed by atoms with Gasteiger partial charge in [-0.05, 0) is 61.0 Å². The molecular formula is C29H27NO8. The van der Waals surface area contributed by atoms with Crippen LogP contribution in [-0.2, 0) is 14.3 Å². The first-order valence-electron chi connectivity index (χ1n) is 11.8. The van der Waals surface area contributed by atoms with Crippen LogP contribution in [0.3, 0.4) is 0 Å². The number of methoxy groups -OCH3 is 3. The van der Waals surface area contributed by atoms with Crippen molar-refractivity contribution in [3.05, 3.63) is 89.0 Å². The van der Waals surface area contributed by atoms with Crippen LogP contribution in [0.25, 0.3) is 5.76 Å². The molecule has 1 unspecified atom stereocenters. The van der Waals surface area contributed by atoms with Gasteiger partial charge < -0.3 is 24.1 Å². The maximum absolute atomic E-state index is 13.5. The van der Waals surface area contributed by atoms with Crippen LogP contribution < -0.4 is 19.1 Å². The van der Waals surface area contributed by atoms with Crippen molar-refractivity contribution < 1.29 is 38.4 Å². The van der Waals surface area contributed by atoms with Gasteiger partial charge in [-0.1, -0.05) is 18.2 Å². The number of amides is 1. The lowest BCUT2D eigenvalue weighted by molar-refractivity contribution is -0.132. The van der Waals surface area contributed by atoms with Crippen LogP contribution in [0.5, 0.6) is 17.2 Å². The van der Waals surface area contributed by atoms with E-state index in [-0.39, 0.29) is 29.2 Å². The van der Waals surface area contributed by atoms with Crippen LogP contribution in [0.2, 0.25) is 0 Å². The Balaban J connectivity index is 1.93. The minimum Gasteiger partial charge on any atom is -0.506 e. The molecule has 1 amide bonds. The van der Waals surface area contributed by atoms with Gasteiger partial charge in [0.25, 0.3) is 11.7 Å². The van der Waals surface area contributed by atoms with Crippen molar-refractivity contribution in [2.75, 3.05) is 32.8 Å². The van der Waals surface area contributed by atoms with E-state index in [2.05, 4.69) is 0 Å². The molecule has 1 fully saturated rings. The third-order valence-electron chi connectivity index (χ3n) is 6.20. The second-order valence-electron chi connectivity index (χ2n) is 8.25. The van der Waals surface area contributed by atoms with Crippen molar-refractivity contribution in [1.82, 2.24) is 0 Å². The van der Waals surface area contributed by atoms with E-state index in [4.69, 9.17) is 18.9 Å². The number of esters is 1. The van der Waals surface area contributed by atoms with Gasteiger partial charge in [0.05, 0.1) is 45.1 Å². The van der Waals surface area contributed by atoms with Crippen molar-refractivity contribution >= 4 is 29.1 Å². The lowest BCUT2D eigenvalue weighted by atomic mass is 9.94. The fourth-order valence-electron chi connectivity index (χ4n) is 4.39. The molecule has 0 radical (unpaired) electrons. The summed E-state index contributed by atoms with van der Waals surface area (Å²) < 4.78 is 21.1. The number of aliphatic hydroxyl groups excluding tert-OH is 1. The first-order valence-corrected chi connectivity index (χ1v) is 11.8. The minimum absolute atomic E-state index is 0.141. The Bertz CT molecular complexity index is 1370. The van der Waals surface area contributed by atoms with Crippen molar-refractivity contribution in [3.63, 3.8) is 0 Å². The SMILES string of the molecule is CCOC(=O)c1ccc(N2C(=O)C(=O)/C(=C(/O)c3c(OC)cccc3OC)C2c2ccc(OC)cc2)cc1. The number of carbonyl (C=O) groups excluding carboxylic acids is 3. The summed E-state index contributed by atoms with van der Waals surface area (Å²) in [6.45, 7) is 1.93. The predicted molar refractivity (Wildman–Crippen MR) is 140 cm³/mol. The summed E-state index contributed by atoms with van der Waals surface area (Å²) in [6.07, 6.45) is 0. The zero-order chi connectivity index (χ0) is 27.4. The Morgan fingerprint density at radius 3 is 2.00 bits per heavy atom. The average Bonchev–Trinajstić information content (AvgIpc) is 3.22. The number of nitrogens with zero attached hydrogens (tertiary/aromatic N) is 1. The van der Waals surface area contributed by atoms with Gasteiger partial charge in [0.15, 0.2) is 0 Å². The number of hydrogen-bond donors (Lipinski definition) is 1. The standard InChI is InChI=1S/C29H27NO8/c1-5-38-29(34)18-9-13-19(14-10-18)30-25(17-11-15-20(35-2)16-12-17)24(27(32)28(30)33)26(31)23-21(36-3)7-6-8-22(23)37-4/h6-16,25,31H,5H2,1-4H3/b26-24+. The van der Waals surface area contributed by atoms with Crippen molar-refractivity contribution in [2.45, 2.75) is 13.0 Å². The average molecular weight is 518 g/mol. The number of hydrogen-bond acceptors (Lipinski definition) is 8. The quantitative estimate of drug-likeness (QED) is 0.201. The van der Waals surface area contributed by atoms with Crippen LogP contribution in [0.4, 0.5) is 5.69 Å². The fourth-order valence-corrected chi connectivity index (χ4v) is 4.39. The molecule has 1 aliphatic rings. The number of anilines is 1. The largest absolute Gasteiger partial charge is 0.506 e. The van der Waals surface area contributed by atoms with Gasteiger partial charge in [-0.15, -0.1) is 0 Å². The Labute approximate surface area is 219 Å². The van der Waals surface area contributed by atoms with Gasteiger partial charge in [0, 0.05) is 5.69 Å². The van der Waals surface area contributed by atoms with Gasteiger partial charge in [0.2, 0.25) is 0 Å². The summed E-state index contributed by atoms with van der Waals surface area (Å²) in [5.41, 5.74) is 1.21. The normalized spacial score (nSPS) is 16.3. The van der Waals surface area contributed by atoms with Crippen LogP contribution in [-0.4, -0.2) is 50.7 Å². The van der Waals surface area contributed by atoms with Crippen LogP contribution in [0.1, 0.15) is 34.5 Å². The number of benzene rings is 3. The number of Topliss-reactive ketones (excluding diaryl/α,β-unsaturated/α-hetero) is 1. The van der Waals surface area contributed by atoms with E-state index in [1.807, 2.05) is 0 Å². The molecule has 0 aliphatic carbocycles. The second kappa shape index (κ2) is 11.1. The molecule has 1 saturated heterocycles. The topological polar surface area (TPSA) is 112 Å². The van der Waals surface area contributed by atoms with E-state index in [1.165, 1.54) is 38.4 Å². The van der Waals surface area contributed by atoms with E-state index in [0.717, 1.165) is 0 Å². The summed E-state index contributed by atoms with van der Waals surface area (Å²) in [4.78, 5) is 40.3. The van der Waals surface area contributed by atoms with Crippen LogP contribution >= 0.6 is 0 Å². The number of rotatable bonds is 8. The number of ketones is 1. The fraction of sp³-hybridized carbons (Fsp3) is 0.207. The van der Waals surface area contributed by atoms with Gasteiger partial charge in [-0.3, -0.25) is 14.5 Å². The highest BCUT2D eigenvalue weighted by Crippen LogP contribution is 2.45. The van der Waals surface area contributed by atoms with E-state index >= 15 is 0 Å². The molecule has 9 nitrogen and oxygen atoms in total. The van der Waals surface area contributed by atoms with Crippen LogP contribution in [0.15, 0.2) is 72.3 Å². The Morgan fingerprint density at radius 2 is 1.47 bits per heavy atom. The molecule has 38 heavy (non-hydrogen) atoms. The number of ether oxygens (including phenoxy) is 4. The molecule has 0 bridgehead atoms. The first kappa shape index (κ1) is 26.3. The Kier molecular flexibility index (Phi) is 7.66. The van der Waals surface area contributed by atoms with Gasteiger partial charge >= 0.3 is 5.97 Å². The zero-order valence-electron chi connectivity index (χ0n) is 21.4. The predicted octanol–water partition coefficient (Wildman–Crippen LogP) is 4.52. The molecule has 1 heterocycles. The summed E-state index contributed by atoms with van der Waals surface area (Å²) >= 11 is 0. The summed E-state index contributed by atoms with van der Waals surface area (Å²) in [5.74, 6) is -1.56. The zero-order valence-corrected chi connectivity index (χ0v) is 21.4. The van der Waals surface area contributed by atoms with E-state index < -0.39 is 29.5 Å². The van der Waals surface area contributed by atoms with Gasteiger partial charge in [-0.2, -0.15) is 0 Å². The highest BCUT2D eigenvalue weighted by Gasteiger charge is 2.47. The Morgan fingerprint density at radius 1 is 0.868 bits per heavy atom. The van der Waals surface area contributed by atoms with Crippen LogP contribution in [0, 0.1) is 0 Å². The molecule has 0 saturated carbocycles. The maximum Gasteiger partial charge on any atom is 0.338 e. The molecular weight excluding hydrogens is 490 g/mol. The molecule has 3 aromatic rings. The molecule has 4 rings (SSSR count). The molecule has 196 valence electrons. The number of carbonyl (C=O) groups is 3. The number of aliphatic hydroxyl groups is 1. The van der Waals surface area contributed by atoms with Crippen molar-refractivity contribution in [1.29, 1.82) is 0 Å². The molecule has 1 atom stereocenters. The molecule has 0 spiro atoms. The Hall–Kier alpha value is -4.79. The second-order valence-corrected chi connectivity index (χ2v) is 8.25. The third kappa shape index (κ3) is 4.66. The smallest absolute Gasteiger partial charge is 0.338 e. The van der Waals surface area contributed by atoms with Gasteiger partial charge in [0.1, 0.15) is 28.6 Å². The highest BCUT2D eigenvalue weighted by molar-refractivity contribution is 6.51. The molecule has 9 heteroatoms. The highest BCUT2D eigenvalue weighted by atomic mass is 16.5. The molecule has 0 aromatic heterocycles. The lowest BCUT2D eigenvalue weighted by Crippen LogP contribution is -2.29. The molecule has 1 aliphatic heterocycles. The van der Waals surface area contributed by atoms with E-state index in [0.29, 0.717) is 22.6 Å². The van der Waals surface area contributed by atoms with Gasteiger partial charge in [-0.25, -0.2) is 4.79 Å². The monoisotopic (exact) mass is 517 g/mol. The summed E-state index contributed by atoms with van der Waals surface area (Å²) in [5, 5.41) is 11.5. The van der Waals surface area contributed by atoms with E-state index in [9.17, 15) is 19.5 Å². The van der Waals surface area contributed by atoms with Crippen molar-refractivity contribution in [3.8, 4) is 17.2 Å². The maximum atomic E-state index is 13.5. The minimum atomic E-state index is -0.996. The summed E-state index contributed by atoms with van der Waals surface area (Å²) in [7, 11) is 4.38. The van der Waals surface area contributed by atoms with E-state index in [1.54, 1.807) is 61.5 Å². The summed E-state index contributed by atoms with van der Waals surface area (Å²) in [6, 6.07) is 16.9. The third-order valence-corrected chi connectivity index (χ3v) is 6.20. The molecule has 1 N–H and O–H groups in total. The first-order chi connectivity index (χ1) is 18.4.